The molecule has 1 aliphatic carbocycles. The molecular formula is C28H28BrClN2O5. The Morgan fingerprint density at radius 3 is 2.51 bits per heavy atom. The average Bonchev–Trinajstić information content (AvgIpc) is 3.20. The van der Waals surface area contributed by atoms with Crippen molar-refractivity contribution in [3.63, 3.8) is 0 Å². The van der Waals surface area contributed by atoms with Crippen LogP contribution >= 0.6 is 27.5 Å². The summed E-state index contributed by atoms with van der Waals surface area (Å²) in [6.07, 6.45) is -0.540. The van der Waals surface area contributed by atoms with Crippen LogP contribution in [0.15, 0.2) is 71.3 Å². The highest BCUT2D eigenvalue weighted by Crippen LogP contribution is 2.68. The minimum absolute atomic E-state index is 0.0303. The number of amides is 1. The molecule has 1 aliphatic heterocycles. The lowest BCUT2D eigenvalue weighted by atomic mass is 9.71. The summed E-state index contributed by atoms with van der Waals surface area (Å²) in [6, 6.07) is 18.6. The molecule has 37 heavy (non-hydrogen) atoms. The Bertz CT molecular complexity index is 1320. The zero-order chi connectivity index (χ0) is 26.6. The molecule has 3 aromatic rings. The zero-order valence-electron chi connectivity index (χ0n) is 20.6. The molecule has 1 saturated carbocycles. The van der Waals surface area contributed by atoms with Crippen molar-refractivity contribution in [1.29, 1.82) is 0 Å². The predicted molar refractivity (Wildman–Crippen MR) is 143 cm³/mol. The van der Waals surface area contributed by atoms with Crippen molar-refractivity contribution in [2.75, 3.05) is 6.54 Å². The smallest absolute Gasteiger partial charge is 0.407 e. The van der Waals surface area contributed by atoms with E-state index in [0.29, 0.717) is 16.3 Å². The molecule has 0 spiro atoms. The van der Waals surface area contributed by atoms with Crippen LogP contribution in [-0.4, -0.2) is 39.5 Å². The molecule has 194 valence electrons. The standard InChI is InChI=1S/C28H28BrClN2O5/c1-26(2,3)37-25(34)32-15-20-22(16-7-5-4-6-8-16)28(17-9-11-18(29)12-10-17)27(35,24(20)33)23-21(36-28)13-19(30)14-31-23/h4-14,20,22,24,33,35H,15H2,1-3H3,(H,32,34)/t20-,22-,24-,27+,28+/m1/s1. The van der Waals surface area contributed by atoms with E-state index in [0.717, 1.165) is 10.0 Å². The van der Waals surface area contributed by atoms with E-state index in [-0.39, 0.29) is 12.2 Å². The third-order valence-electron chi connectivity index (χ3n) is 7.03. The average molecular weight is 588 g/mol. The van der Waals surface area contributed by atoms with Gasteiger partial charge in [-0.15, -0.1) is 0 Å². The van der Waals surface area contributed by atoms with E-state index in [1.807, 2.05) is 54.6 Å². The van der Waals surface area contributed by atoms with Crippen LogP contribution in [0.1, 0.15) is 43.5 Å². The van der Waals surface area contributed by atoms with E-state index >= 15 is 0 Å². The zero-order valence-corrected chi connectivity index (χ0v) is 23.0. The summed E-state index contributed by atoms with van der Waals surface area (Å²) in [5, 5.41) is 27.6. The number of carbonyl (C=O) groups is 1. The van der Waals surface area contributed by atoms with E-state index in [9.17, 15) is 15.0 Å². The van der Waals surface area contributed by atoms with Crippen LogP contribution in [0, 0.1) is 5.92 Å². The predicted octanol–water partition coefficient (Wildman–Crippen LogP) is 5.27. The fourth-order valence-electron chi connectivity index (χ4n) is 5.71. The summed E-state index contributed by atoms with van der Waals surface area (Å²) in [7, 11) is 0. The molecular weight excluding hydrogens is 560 g/mol. The first-order valence-electron chi connectivity index (χ1n) is 12.0. The summed E-state index contributed by atoms with van der Waals surface area (Å²) in [5.74, 6) is -0.941. The second-order valence-corrected chi connectivity index (χ2v) is 11.8. The van der Waals surface area contributed by atoms with Crippen LogP contribution in [0.5, 0.6) is 5.75 Å². The molecule has 1 amide bonds. The number of hydrogen-bond donors (Lipinski definition) is 3. The first kappa shape index (κ1) is 26.0. The van der Waals surface area contributed by atoms with Crippen LogP contribution in [0.3, 0.4) is 0 Å². The fraction of sp³-hybridized carbons (Fsp3) is 0.357. The normalized spacial score (nSPS) is 28.2. The summed E-state index contributed by atoms with van der Waals surface area (Å²) < 4.78 is 12.9. The molecule has 0 unspecified atom stereocenters. The van der Waals surface area contributed by atoms with Crippen LogP contribution in [-0.2, 0) is 15.9 Å². The van der Waals surface area contributed by atoms with Gasteiger partial charge in [-0.05, 0) is 44.0 Å². The molecule has 2 heterocycles. The molecule has 0 saturated heterocycles. The maximum Gasteiger partial charge on any atom is 0.407 e. The van der Waals surface area contributed by atoms with Gasteiger partial charge in [0, 0.05) is 35.1 Å². The van der Waals surface area contributed by atoms with Gasteiger partial charge < -0.3 is 25.0 Å². The van der Waals surface area contributed by atoms with Crippen molar-refractivity contribution in [2.45, 2.75) is 49.6 Å². The number of aliphatic hydroxyl groups is 2. The SMILES string of the molecule is CC(C)(C)OC(=O)NC[C@H]1[C@@H](O)[C@@]2(O)c3ncc(Cl)cc3O[C@@]2(c2ccc(Br)cc2)[C@@H]1c1ccccc1. The van der Waals surface area contributed by atoms with Gasteiger partial charge in [0.1, 0.15) is 17.0 Å². The molecule has 9 heteroatoms. The molecule has 3 N–H and O–H groups in total. The minimum Gasteiger partial charge on any atom is -0.476 e. The lowest BCUT2D eigenvalue weighted by Crippen LogP contribution is -2.52. The molecule has 2 aliphatic rings. The van der Waals surface area contributed by atoms with E-state index in [1.165, 1.54) is 6.20 Å². The summed E-state index contributed by atoms with van der Waals surface area (Å²) >= 11 is 9.72. The Labute approximate surface area is 228 Å². The number of benzene rings is 2. The van der Waals surface area contributed by atoms with Crippen LogP contribution in [0.2, 0.25) is 5.02 Å². The quantitative estimate of drug-likeness (QED) is 0.384. The Morgan fingerprint density at radius 1 is 1.19 bits per heavy atom. The van der Waals surface area contributed by atoms with Crippen molar-refractivity contribution in [3.8, 4) is 5.75 Å². The van der Waals surface area contributed by atoms with E-state index < -0.39 is 40.8 Å². The molecule has 0 bridgehead atoms. The van der Waals surface area contributed by atoms with E-state index in [4.69, 9.17) is 21.1 Å². The number of nitrogens with one attached hydrogen (secondary N) is 1. The monoisotopic (exact) mass is 586 g/mol. The topological polar surface area (TPSA) is 101 Å². The lowest BCUT2D eigenvalue weighted by Gasteiger charge is -2.40. The number of ether oxygens (including phenoxy) is 2. The largest absolute Gasteiger partial charge is 0.476 e. The molecule has 7 nitrogen and oxygen atoms in total. The maximum absolute atomic E-state index is 12.6. The minimum atomic E-state index is -1.94. The Kier molecular flexibility index (Phi) is 6.51. The fourth-order valence-corrected chi connectivity index (χ4v) is 6.12. The Hall–Kier alpha value is -2.65. The number of pyridine rings is 1. The van der Waals surface area contributed by atoms with Gasteiger partial charge in [-0.1, -0.05) is 70.0 Å². The first-order chi connectivity index (χ1) is 17.5. The highest BCUT2D eigenvalue weighted by molar-refractivity contribution is 9.10. The van der Waals surface area contributed by atoms with Gasteiger partial charge in [-0.25, -0.2) is 4.79 Å². The summed E-state index contributed by atoms with van der Waals surface area (Å²) in [6.45, 7) is 5.37. The van der Waals surface area contributed by atoms with Gasteiger partial charge in [-0.2, -0.15) is 0 Å². The first-order valence-corrected chi connectivity index (χ1v) is 13.2. The van der Waals surface area contributed by atoms with Gasteiger partial charge in [0.15, 0.2) is 11.2 Å². The number of halogens is 2. The van der Waals surface area contributed by atoms with Crippen molar-refractivity contribution in [2.24, 2.45) is 5.92 Å². The molecule has 2 aromatic carbocycles. The van der Waals surface area contributed by atoms with Crippen molar-refractivity contribution < 1.29 is 24.5 Å². The maximum atomic E-state index is 12.6. The molecule has 1 aromatic heterocycles. The molecule has 5 atom stereocenters. The number of fused-ring (bicyclic) bond motifs is 3. The Balaban J connectivity index is 1.69. The number of nitrogens with zero attached hydrogens (tertiary/aromatic N) is 1. The number of rotatable bonds is 4. The van der Waals surface area contributed by atoms with Crippen molar-refractivity contribution in [3.05, 3.63) is 93.2 Å². The number of alkyl carbamates (subject to hydrolysis) is 1. The van der Waals surface area contributed by atoms with Gasteiger partial charge in [0.25, 0.3) is 0 Å². The van der Waals surface area contributed by atoms with Crippen LogP contribution in [0.4, 0.5) is 4.79 Å². The number of aromatic nitrogens is 1. The highest BCUT2D eigenvalue weighted by Gasteiger charge is 2.76. The van der Waals surface area contributed by atoms with Gasteiger partial charge >= 0.3 is 6.09 Å². The number of aliphatic hydroxyl groups excluding tert-OH is 1. The summed E-state index contributed by atoms with van der Waals surface area (Å²) in [4.78, 5) is 17.0. The van der Waals surface area contributed by atoms with Gasteiger partial charge in [0.05, 0.1) is 11.1 Å². The van der Waals surface area contributed by atoms with E-state index in [2.05, 4.69) is 26.2 Å². The van der Waals surface area contributed by atoms with Crippen molar-refractivity contribution in [1.82, 2.24) is 10.3 Å². The molecule has 0 radical (unpaired) electrons. The molecule has 1 fully saturated rings. The van der Waals surface area contributed by atoms with E-state index in [1.54, 1.807) is 26.8 Å². The molecule has 5 rings (SSSR count). The second kappa shape index (κ2) is 9.27. The highest BCUT2D eigenvalue weighted by atomic mass is 79.9. The van der Waals surface area contributed by atoms with Gasteiger partial charge in [-0.3, -0.25) is 4.98 Å². The third-order valence-corrected chi connectivity index (χ3v) is 7.77. The van der Waals surface area contributed by atoms with Crippen LogP contribution in [0.25, 0.3) is 0 Å². The lowest BCUT2D eigenvalue weighted by molar-refractivity contribution is -0.153. The number of carbonyl (C=O) groups excluding carboxylic acids is 1. The van der Waals surface area contributed by atoms with Gasteiger partial charge in [0.2, 0.25) is 0 Å². The number of hydrogen-bond acceptors (Lipinski definition) is 6. The van der Waals surface area contributed by atoms with Crippen molar-refractivity contribution >= 4 is 33.6 Å². The summed E-state index contributed by atoms with van der Waals surface area (Å²) in [5.41, 5.74) is -2.41. The van der Waals surface area contributed by atoms with Crippen LogP contribution < -0.4 is 10.1 Å². The Morgan fingerprint density at radius 2 is 1.86 bits per heavy atom. The second-order valence-electron chi connectivity index (χ2n) is 10.5. The third kappa shape index (κ3) is 4.20.